The number of halogens is 12. The Labute approximate surface area is 512 Å². The van der Waals surface area contributed by atoms with E-state index in [4.69, 9.17) is 18.9 Å². The maximum absolute atomic E-state index is 15.7. The van der Waals surface area contributed by atoms with Crippen LogP contribution in [0.3, 0.4) is 0 Å². The van der Waals surface area contributed by atoms with Crippen molar-refractivity contribution in [1.82, 2.24) is 0 Å². The number of hydrogen-bond acceptors (Lipinski definition) is 7. The van der Waals surface area contributed by atoms with Gasteiger partial charge in [0.25, 0.3) is 0 Å². The lowest BCUT2D eigenvalue weighted by Crippen LogP contribution is -2.56. The molecule has 0 saturated heterocycles. The van der Waals surface area contributed by atoms with Crippen LogP contribution in [0.5, 0.6) is 46.0 Å². The maximum Gasteiger partial charge on any atom is 0.411 e. The first-order valence-corrected chi connectivity index (χ1v) is 27.6. The molecule has 0 fully saturated rings. The van der Waals surface area contributed by atoms with E-state index in [1.165, 1.54) is 43.3 Å². The third-order valence-electron chi connectivity index (χ3n) is 16.2. The Bertz CT molecular complexity index is 4460. The molecule has 0 aromatic heterocycles. The minimum absolute atomic E-state index is 0.0102. The van der Waals surface area contributed by atoms with Crippen molar-refractivity contribution in [1.29, 1.82) is 15.8 Å². The summed E-state index contributed by atoms with van der Waals surface area (Å²) in [5.41, 5.74) is -11.8. The molecule has 0 spiro atoms. The number of ether oxygens (including phenoxy) is 4. The van der Waals surface area contributed by atoms with Crippen molar-refractivity contribution in [3.8, 4) is 75.3 Å². The van der Waals surface area contributed by atoms with Gasteiger partial charge in [-0.25, -0.2) is 0 Å². The van der Waals surface area contributed by atoms with E-state index in [9.17, 15) is 15.8 Å². The fraction of sp³-hybridized carbons (Fsp3) is 0.125. The van der Waals surface area contributed by atoms with Gasteiger partial charge in [0.05, 0.1) is 16.5 Å². The Balaban J connectivity index is 0.904. The van der Waals surface area contributed by atoms with E-state index in [2.05, 4.69) is 6.07 Å². The molecule has 454 valence electrons. The van der Waals surface area contributed by atoms with Gasteiger partial charge >= 0.3 is 24.7 Å². The van der Waals surface area contributed by atoms with Crippen LogP contribution in [0.15, 0.2) is 224 Å². The highest BCUT2D eigenvalue weighted by Gasteiger charge is 2.75. The Morgan fingerprint density at radius 1 is 0.308 bits per heavy atom. The lowest BCUT2D eigenvalue weighted by molar-refractivity contribution is -0.289. The highest BCUT2D eigenvalue weighted by atomic mass is 19.4. The van der Waals surface area contributed by atoms with E-state index in [1.807, 2.05) is 110 Å². The maximum atomic E-state index is 15.7. The van der Waals surface area contributed by atoms with E-state index in [0.717, 1.165) is 38.9 Å². The van der Waals surface area contributed by atoms with E-state index in [0.29, 0.717) is 71.2 Å². The first-order chi connectivity index (χ1) is 43.3. The molecule has 0 saturated carbocycles. The minimum Gasteiger partial charge on any atom is -0.456 e. The summed E-state index contributed by atoms with van der Waals surface area (Å²) >= 11 is 0. The number of rotatable bonds is 14. The van der Waals surface area contributed by atoms with Crippen molar-refractivity contribution in [3.05, 3.63) is 297 Å². The zero-order chi connectivity index (χ0) is 64.9. The highest BCUT2D eigenvalue weighted by Crippen LogP contribution is 2.61. The zero-order valence-corrected chi connectivity index (χ0v) is 47.4. The average molecular weight is 1240 g/mol. The van der Waals surface area contributed by atoms with Crippen molar-refractivity contribution in [2.45, 2.75) is 54.8 Å². The molecule has 0 unspecified atom stereocenters. The molecule has 10 aromatic carbocycles. The average Bonchev–Trinajstić information content (AvgIpc) is 1.68. The Kier molecular flexibility index (Phi) is 15.7. The summed E-state index contributed by atoms with van der Waals surface area (Å²) in [7, 11) is 0. The van der Waals surface area contributed by atoms with Gasteiger partial charge in [-0.3, -0.25) is 0 Å². The van der Waals surface area contributed by atoms with E-state index >= 15 is 52.7 Å². The molecule has 0 amide bonds. The van der Waals surface area contributed by atoms with Crippen LogP contribution in [0.1, 0.15) is 72.3 Å². The molecule has 91 heavy (non-hydrogen) atoms. The first kappa shape index (κ1) is 61.7. The zero-order valence-electron chi connectivity index (χ0n) is 47.4. The smallest absolute Gasteiger partial charge is 0.411 e. The second-order valence-corrected chi connectivity index (χ2v) is 21.3. The van der Waals surface area contributed by atoms with Crippen molar-refractivity contribution in [3.63, 3.8) is 0 Å². The lowest BCUT2D eigenvalue weighted by atomic mass is 9.68. The predicted octanol–water partition coefficient (Wildman–Crippen LogP) is 20.3. The van der Waals surface area contributed by atoms with Crippen LogP contribution in [0.2, 0.25) is 0 Å². The van der Waals surface area contributed by atoms with Crippen LogP contribution < -0.4 is 18.9 Å². The molecular formula is C72H43F12N3O4. The number of aryl methyl sites for hydroxylation is 2. The SMILES string of the molecule is Cc1cccc(Oc2ccc(C3(c4ccc(Oc5cccc(Oc6ccc(C(c7cccc(C(c8ccc(Oc9cccc(C)c9C#N)cc8)(C(F)(F)F)C(F)(F)F)c7)(C(F)(F)F)C(F)(F)F)cc6)c5C#N)cc4)c4ccccc4-c4ccccc43)cc2)c1C#N. The minimum atomic E-state index is -6.49. The number of nitrogens with zero attached hydrogens (tertiary/aromatic N) is 3. The van der Waals surface area contributed by atoms with Crippen molar-refractivity contribution in [2.24, 2.45) is 0 Å². The van der Waals surface area contributed by atoms with Gasteiger partial charge in [0, 0.05) is 0 Å². The van der Waals surface area contributed by atoms with Crippen molar-refractivity contribution in [2.75, 3.05) is 0 Å². The van der Waals surface area contributed by atoms with E-state index < -0.39 is 75.0 Å². The summed E-state index contributed by atoms with van der Waals surface area (Å²) in [6, 6.07) is 54.4. The summed E-state index contributed by atoms with van der Waals surface area (Å²) in [4.78, 5) is 0. The molecule has 1 aliphatic carbocycles. The Morgan fingerprint density at radius 3 is 0.912 bits per heavy atom. The molecule has 11 rings (SSSR count). The topological polar surface area (TPSA) is 108 Å². The Hall–Kier alpha value is -11.0. The summed E-state index contributed by atoms with van der Waals surface area (Å²) in [5, 5.41) is 29.9. The summed E-state index contributed by atoms with van der Waals surface area (Å²) in [6.45, 7) is 3.36. The van der Waals surface area contributed by atoms with Gasteiger partial charge in [-0.1, -0.05) is 152 Å². The van der Waals surface area contributed by atoms with Gasteiger partial charge in [-0.05, 0) is 153 Å². The summed E-state index contributed by atoms with van der Waals surface area (Å²) in [6.07, 6.45) is -25.9. The third kappa shape index (κ3) is 10.3. The van der Waals surface area contributed by atoms with Crippen molar-refractivity contribution < 1.29 is 71.6 Å². The molecular weight excluding hydrogens is 1200 g/mol. The molecule has 0 heterocycles. The van der Waals surface area contributed by atoms with Crippen molar-refractivity contribution >= 4 is 0 Å². The van der Waals surface area contributed by atoms with Crippen LogP contribution in [0.4, 0.5) is 52.7 Å². The molecule has 19 heteroatoms. The first-order valence-electron chi connectivity index (χ1n) is 27.6. The molecule has 0 radical (unpaired) electrons. The van der Waals surface area contributed by atoms with Gasteiger partial charge in [-0.2, -0.15) is 68.5 Å². The molecule has 0 aliphatic heterocycles. The predicted molar refractivity (Wildman–Crippen MR) is 312 cm³/mol. The summed E-state index contributed by atoms with van der Waals surface area (Å²) < 4.78 is 211. The normalized spacial score (nSPS) is 13.0. The van der Waals surface area contributed by atoms with Crippen LogP contribution in [0.25, 0.3) is 11.1 Å². The number of fused-ring (bicyclic) bond motifs is 3. The molecule has 10 aromatic rings. The van der Waals surface area contributed by atoms with Gasteiger partial charge < -0.3 is 18.9 Å². The summed E-state index contributed by atoms with van der Waals surface area (Å²) in [5.74, 6) is -0.149. The van der Waals surface area contributed by atoms with Gasteiger partial charge in [0.2, 0.25) is 10.8 Å². The number of hydrogen-bond donors (Lipinski definition) is 0. The largest absolute Gasteiger partial charge is 0.456 e. The van der Waals surface area contributed by atoms with E-state index in [-0.39, 0.29) is 58.1 Å². The van der Waals surface area contributed by atoms with E-state index in [1.54, 1.807) is 24.3 Å². The molecule has 7 nitrogen and oxygen atoms in total. The molecule has 0 bridgehead atoms. The fourth-order valence-corrected chi connectivity index (χ4v) is 12.1. The van der Waals surface area contributed by atoms with Gasteiger partial charge in [0.15, 0.2) is 0 Å². The van der Waals surface area contributed by atoms with Crippen LogP contribution in [-0.2, 0) is 16.2 Å². The third-order valence-corrected chi connectivity index (χ3v) is 16.2. The highest BCUT2D eigenvalue weighted by molar-refractivity contribution is 5.86. The van der Waals surface area contributed by atoms with Crippen LogP contribution >= 0.6 is 0 Å². The Morgan fingerprint density at radius 2 is 0.593 bits per heavy atom. The lowest BCUT2D eigenvalue weighted by Gasteiger charge is -2.41. The standard InChI is InChI=1S/C72H43F12N3O4/c1-43-11-7-19-62(57(43)40-85)88-51-31-23-45(24-32-51)66(60-17-5-3-15-55(60)56-16-4-6-18-61(56)66)46-25-33-52(34-26-46)90-64-21-10-22-65(59(64)42-87)91-54-37-29-48(30-38-54)68(71(79,80)81,72(82,83)84)50-14-9-13-49(39-50)67(69(73,74)75,70(76,77)78)47-27-35-53(36-28-47)89-63-20-8-12-44(2)58(63)41-86/h3-39H,1-2H3. The molecule has 0 N–H and O–H groups in total. The number of benzene rings is 10. The second kappa shape index (κ2) is 23.2. The molecule has 1 aliphatic rings. The number of alkyl halides is 12. The van der Waals surface area contributed by atoms with Gasteiger partial charge in [-0.15, -0.1) is 0 Å². The van der Waals surface area contributed by atoms with Crippen LogP contribution in [0, 0.1) is 47.8 Å². The van der Waals surface area contributed by atoms with Gasteiger partial charge in [0.1, 0.15) is 69.8 Å². The fourth-order valence-electron chi connectivity index (χ4n) is 12.1. The monoisotopic (exact) mass is 1240 g/mol. The number of nitriles is 3. The second-order valence-electron chi connectivity index (χ2n) is 21.3. The quantitative estimate of drug-likeness (QED) is 0.0998. The van der Waals surface area contributed by atoms with Crippen LogP contribution in [-0.4, -0.2) is 24.7 Å². The molecule has 0 atom stereocenters.